The lowest BCUT2D eigenvalue weighted by atomic mass is 9.71. The van der Waals surface area contributed by atoms with E-state index in [1.165, 1.54) is 0 Å². The van der Waals surface area contributed by atoms with Crippen LogP contribution in [0.15, 0.2) is 11.6 Å². The zero-order valence-electron chi connectivity index (χ0n) is 7.71. The van der Waals surface area contributed by atoms with Crippen LogP contribution in [0.25, 0.3) is 0 Å². The zero-order valence-corrected chi connectivity index (χ0v) is 7.71. The van der Waals surface area contributed by atoms with Crippen molar-refractivity contribution in [1.29, 1.82) is 0 Å². The summed E-state index contributed by atoms with van der Waals surface area (Å²) in [6.45, 7) is 4.22. The van der Waals surface area contributed by atoms with Crippen LogP contribution in [0, 0.1) is 11.3 Å². The van der Waals surface area contributed by atoms with Gasteiger partial charge in [-0.1, -0.05) is 19.9 Å². The van der Waals surface area contributed by atoms with Crippen molar-refractivity contribution in [3.8, 4) is 0 Å². The van der Waals surface area contributed by atoms with E-state index in [0.717, 1.165) is 24.7 Å². The van der Waals surface area contributed by atoms with Crippen molar-refractivity contribution in [2.45, 2.75) is 26.7 Å². The molecule has 0 radical (unpaired) electrons. The number of hydrogen-bond donors (Lipinski definition) is 1. The molecular formula is C10H16O2. The van der Waals surface area contributed by atoms with Crippen LogP contribution in [-0.2, 0) is 4.79 Å². The lowest BCUT2D eigenvalue weighted by molar-refractivity contribution is -0.113. The van der Waals surface area contributed by atoms with E-state index in [1.807, 2.05) is 19.9 Å². The highest BCUT2D eigenvalue weighted by molar-refractivity contribution is 5.56. The van der Waals surface area contributed by atoms with Crippen LogP contribution in [0.4, 0.5) is 0 Å². The highest BCUT2D eigenvalue weighted by atomic mass is 16.3. The van der Waals surface area contributed by atoms with E-state index >= 15 is 0 Å². The van der Waals surface area contributed by atoms with Gasteiger partial charge in [0.1, 0.15) is 6.29 Å². The second-order valence-electron chi connectivity index (χ2n) is 4.06. The number of carbonyl (C=O) groups excluding carboxylic acids is 1. The van der Waals surface area contributed by atoms with Crippen LogP contribution in [-0.4, -0.2) is 18.0 Å². The van der Waals surface area contributed by atoms with E-state index in [-0.39, 0.29) is 17.9 Å². The molecule has 0 aromatic rings. The third kappa shape index (κ3) is 1.75. The Labute approximate surface area is 73.3 Å². The minimum atomic E-state index is -0.0714. The van der Waals surface area contributed by atoms with Crippen LogP contribution in [0.2, 0.25) is 0 Å². The van der Waals surface area contributed by atoms with Crippen molar-refractivity contribution in [3.63, 3.8) is 0 Å². The molecule has 1 aliphatic carbocycles. The first-order valence-corrected chi connectivity index (χ1v) is 4.37. The van der Waals surface area contributed by atoms with Gasteiger partial charge in [0.15, 0.2) is 0 Å². The first-order chi connectivity index (χ1) is 5.60. The summed E-state index contributed by atoms with van der Waals surface area (Å²) in [6.07, 6.45) is 4.81. The Morgan fingerprint density at radius 3 is 2.83 bits per heavy atom. The van der Waals surface area contributed by atoms with Crippen LogP contribution >= 0.6 is 0 Å². The van der Waals surface area contributed by atoms with Gasteiger partial charge >= 0.3 is 0 Å². The Bertz CT molecular complexity index is 204. The Morgan fingerprint density at radius 2 is 2.42 bits per heavy atom. The largest absolute Gasteiger partial charge is 0.392 e. The Morgan fingerprint density at radius 1 is 1.75 bits per heavy atom. The van der Waals surface area contributed by atoms with Gasteiger partial charge in [-0.05, 0) is 23.8 Å². The van der Waals surface area contributed by atoms with E-state index in [4.69, 9.17) is 5.11 Å². The molecule has 1 aliphatic rings. The molecule has 2 heteroatoms. The Hall–Kier alpha value is -0.630. The molecule has 68 valence electrons. The molecule has 1 atom stereocenters. The molecular weight excluding hydrogens is 152 g/mol. The van der Waals surface area contributed by atoms with Gasteiger partial charge < -0.3 is 9.90 Å². The normalized spacial score (nSPS) is 27.9. The fraction of sp³-hybridized carbons (Fsp3) is 0.700. The SMILES string of the molecule is CC1(C)C=C(CO)CCC1C=O. The highest BCUT2D eigenvalue weighted by Crippen LogP contribution is 2.37. The van der Waals surface area contributed by atoms with E-state index in [1.54, 1.807) is 0 Å². The quantitative estimate of drug-likeness (QED) is 0.501. The first kappa shape index (κ1) is 9.46. The molecule has 0 saturated carbocycles. The van der Waals surface area contributed by atoms with Crippen LogP contribution < -0.4 is 0 Å². The number of aldehydes is 1. The number of rotatable bonds is 2. The average molecular weight is 168 g/mol. The maximum absolute atomic E-state index is 10.7. The lowest BCUT2D eigenvalue weighted by Crippen LogP contribution is -2.27. The number of allylic oxidation sites excluding steroid dienone is 1. The van der Waals surface area contributed by atoms with Gasteiger partial charge in [-0.2, -0.15) is 0 Å². The summed E-state index contributed by atoms with van der Waals surface area (Å²) >= 11 is 0. The van der Waals surface area contributed by atoms with Gasteiger partial charge in [0, 0.05) is 5.92 Å². The van der Waals surface area contributed by atoms with Crippen LogP contribution in [0.5, 0.6) is 0 Å². The molecule has 2 nitrogen and oxygen atoms in total. The Balaban J connectivity index is 2.82. The smallest absolute Gasteiger partial charge is 0.123 e. The van der Waals surface area contributed by atoms with Crippen LogP contribution in [0.3, 0.4) is 0 Å². The Kier molecular flexibility index (Phi) is 2.68. The molecule has 0 aromatic carbocycles. The van der Waals surface area contributed by atoms with E-state index in [0.29, 0.717) is 0 Å². The maximum Gasteiger partial charge on any atom is 0.123 e. The second-order valence-corrected chi connectivity index (χ2v) is 4.06. The fourth-order valence-corrected chi connectivity index (χ4v) is 1.79. The van der Waals surface area contributed by atoms with Gasteiger partial charge in [-0.25, -0.2) is 0 Å². The summed E-state index contributed by atoms with van der Waals surface area (Å²) in [4.78, 5) is 10.7. The number of aliphatic hydroxyl groups excluding tert-OH is 1. The third-order valence-electron chi connectivity index (χ3n) is 2.68. The molecule has 0 saturated heterocycles. The number of carbonyl (C=O) groups is 1. The van der Waals surface area contributed by atoms with Gasteiger partial charge in [-0.3, -0.25) is 0 Å². The minimum Gasteiger partial charge on any atom is -0.392 e. The van der Waals surface area contributed by atoms with Gasteiger partial charge in [-0.15, -0.1) is 0 Å². The molecule has 0 amide bonds. The summed E-state index contributed by atoms with van der Waals surface area (Å²) in [7, 11) is 0. The predicted molar refractivity (Wildman–Crippen MR) is 47.7 cm³/mol. The summed E-state index contributed by atoms with van der Waals surface area (Å²) in [5.74, 6) is 0.118. The molecule has 0 fully saturated rings. The summed E-state index contributed by atoms with van der Waals surface area (Å²) in [6, 6.07) is 0. The second kappa shape index (κ2) is 3.40. The lowest BCUT2D eigenvalue weighted by Gasteiger charge is -2.32. The number of hydrogen-bond acceptors (Lipinski definition) is 2. The summed E-state index contributed by atoms with van der Waals surface area (Å²) in [5, 5.41) is 8.93. The van der Waals surface area contributed by atoms with Gasteiger partial charge in [0.2, 0.25) is 0 Å². The molecule has 0 aliphatic heterocycles. The van der Waals surface area contributed by atoms with Gasteiger partial charge in [0.25, 0.3) is 0 Å². The predicted octanol–water partition coefficient (Wildman–Crippen LogP) is 1.54. The van der Waals surface area contributed by atoms with Crippen molar-refractivity contribution in [3.05, 3.63) is 11.6 Å². The third-order valence-corrected chi connectivity index (χ3v) is 2.68. The van der Waals surface area contributed by atoms with Crippen molar-refractivity contribution in [1.82, 2.24) is 0 Å². The van der Waals surface area contributed by atoms with Crippen molar-refractivity contribution in [2.75, 3.05) is 6.61 Å². The highest BCUT2D eigenvalue weighted by Gasteiger charge is 2.30. The van der Waals surface area contributed by atoms with E-state index in [9.17, 15) is 4.79 Å². The fourth-order valence-electron chi connectivity index (χ4n) is 1.79. The van der Waals surface area contributed by atoms with E-state index in [2.05, 4.69) is 0 Å². The van der Waals surface area contributed by atoms with Gasteiger partial charge in [0.05, 0.1) is 6.61 Å². The first-order valence-electron chi connectivity index (χ1n) is 4.37. The molecule has 0 aromatic heterocycles. The van der Waals surface area contributed by atoms with Crippen molar-refractivity contribution in [2.24, 2.45) is 11.3 Å². The maximum atomic E-state index is 10.7. The molecule has 0 spiro atoms. The van der Waals surface area contributed by atoms with Crippen LogP contribution in [0.1, 0.15) is 26.7 Å². The molecule has 0 bridgehead atoms. The number of aliphatic hydroxyl groups is 1. The van der Waals surface area contributed by atoms with Crippen molar-refractivity contribution < 1.29 is 9.90 Å². The molecule has 1 unspecified atom stereocenters. The van der Waals surface area contributed by atoms with E-state index < -0.39 is 0 Å². The standard InChI is InChI=1S/C10H16O2/c1-10(2)5-8(6-11)3-4-9(10)7-12/h5,7,9,11H,3-4,6H2,1-2H3. The summed E-state index contributed by atoms with van der Waals surface area (Å²) < 4.78 is 0. The summed E-state index contributed by atoms with van der Waals surface area (Å²) in [5.41, 5.74) is 0.996. The van der Waals surface area contributed by atoms with Crippen molar-refractivity contribution >= 4 is 6.29 Å². The monoisotopic (exact) mass is 168 g/mol. The minimum absolute atomic E-state index is 0.0714. The molecule has 12 heavy (non-hydrogen) atoms. The molecule has 0 heterocycles. The topological polar surface area (TPSA) is 37.3 Å². The molecule has 1 N–H and O–H groups in total. The molecule has 1 rings (SSSR count). The average Bonchev–Trinajstić information content (AvgIpc) is 2.02. The zero-order chi connectivity index (χ0) is 9.19.